The van der Waals surface area contributed by atoms with E-state index in [2.05, 4.69) is 25.8 Å². The van der Waals surface area contributed by atoms with Crippen LogP contribution in [0, 0.1) is 5.92 Å². The molecule has 2 aromatic heterocycles. The van der Waals surface area contributed by atoms with Crippen LogP contribution in [0.4, 0.5) is 5.82 Å². The van der Waals surface area contributed by atoms with Crippen LogP contribution in [-0.4, -0.2) is 47.0 Å². The van der Waals surface area contributed by atoms with Crippen LogP contribution >= 0.6 is 22.9 Å². The third-order valence-corrected chi connectivity index (χ3v) is 5.36. The number of piperazine rings is 1. The number of hydrogen-bond donors (Lipinski definition) is 0. The lowest BCUT2D eigenvalue weighted by atomic mass is 10.2. The highest BCUT2D eigenvalue weighted by molar-refractivity contribution is 7.15. The van der Waals surface area contributed by atoms with Gasteiger partial charge in [0.1, 0.15) is 0 Å². The van der Waals surface area contributed by atoms with Crippen molar-refractivity contribution in [1.82, 2.24) is 14.3 Å². The minimum Gasteiger partial charge on any atom is -0.352 e. The fourth-order valence-corrected chi connectivity index (χ4v) is 3.98. The normalized spacial score (nSPS) is 20.9. The van der Waals surface area contributed by atoms with Crippen LogP contribution in [0.3, 0.4) is 0 Å². The molecule has 0 unspecified atom stereocenters. The highest BCUT2D eigenvalue weighted by Crippen LogP contribution is 2.31. The molecule has 1 saturated carbocycles. The Balaban J connectivity index is 1.50. The Morgan fingerprint density at radius 2 is 2.05 bits per heavy atom. The minimum absolute atomic E-state index is 0.523. The third-order valence-electron chi connectivity index (χ3n) is 4.35. The van der Waals surface area contributed by atoms with Gasteiger partial charge in [0.2, 0.25) is 0 Å². The van der Waals surface area contributed by atoms with E-state index in [1.807, 2.05) is 0 Å². The number of aromatic nitrogens is 2. The highest BCUT2D eigenvalue weighted by atomic mass is 35.5. The number of hydrogen-bond acceptors (Lipinski definition) is 4. The molecule has 0 bridgehead atoms. The lowest BCUT2D eigenvalue weighted by Crippen LogP contribution is -2.47. The van der Waals surface area contributed by atoms with Crippen LogP contribution in [0.5, 0.6) is 0 Å². The highest BCUT2D eigenvalue weighted by Gasteiger charge is 2.28. The second kappa shape index (κ2) is 5.20. The van der Waals surface area contributed by atoms with Gasteiger partial charge in [-0.2, -0.15) is 0 Å². The minimum atomic E-state index is 0.523. The molecule has 6 heteroatoms. The van der Waals surface area contributed by atoms with Crippen LogP contribution in [0.2, 0.25) is 0 Å². The fourth-order valence-electron chi connectivity index (χ4n) is 3.01. The summed E-state index contributed by atoms with van der Waals surface area (Å²) in [5.41, 5.74) is 1.14. The van der Waals surface area contributed by atoms with Crippen molar-refractivity contribution in [2.75, 3.05) is 37.6 Å². The zero-order chi connectivity index (χ0) is 13.5. The van der Waals surface area contributed by atoms with Gasteiger partial charge in [-0.05, 0) is 18.8 Å². The maximum Gasteiger partial charge on any atom is 0.195 e. The fraction of sp³-hybridized carbons (Fsp3) is 0.643. The van der Waals surface area contributed by atoms with Gasteiger partial charge in [-0.25, -0.2) is 4.98 Å². The molecule has 3 heterocycles. The monoisotopic (exact) mass is 310 g/mol. The average Bonchev–Trinajstić information content (AvgIpc) is 3.04. The summed E-state index contributed by atoms with van der Waals surface area (Å²) >= 11 is 7.82. The molecule has 0 N–H and O–H groups in total. The molecule has 1 saturated heterocycles. The molecule has 0 atom stereocenters. The second-order valence-corrected chi connectivity index (χ2v) is 6.94. The van der Waals surface area contributed by atoms with Crippen LogP contribution < -0.4 is 4.90 Å². The van der Waals surface area contributed by atoms with Crippen LogP contribution in [0.15, 0.2) is 11.6 Å². The summed E-state index contributed by atoms with van der Waals surface area (Å²) in [6.45, 7) is 5.75. The molecule has 2 aliphatic rings. The van der Waals surface area contributed by atoms with Crippen molar-refractivity contribution in [3.8, 4) is 0 Å². The van der Waals surface area contributed by atoms with E-state index in [-0.39, 0.29) is 0 Å². The van der Waals surface area contributed by atoms with Gasteiger partial charge in [-0.15, -0.1) is 22.9 Å². The molecule has 0 amide bonds. The predicted molar refractivity (Wildman–Crippen MR) is 84.0 cm³/mol. The van der Waals surface area contributed by atoms with Gasteiger partial charge in [0.05, 0.1) is 11.6 Å². The van der Waals surface area contributed by atoms with Gasteiger partial charge in [0.15, 0.2) is 10.8 Å². The number of anilines is 1. The van der Waals surface area contributed by atoms with Gasteiger partial charge in [-0.1, -0.05) is 0 Å². The van der Waals surface area contributed by atoms with Gasteiger partial charge in [0.25, 0.3) is 0 Å². The van der Waals surface area contributed by atoms with Crippen molar-refractivity contribution in [2.24, 2.45) is 5.92 Å². The Morgan fingerprint density at radius 3 is 2.75 bits per heavy atom. The standard InChI is InChI=1S/C14H19ClN4S/c15-9-12-13(16-14-19(12)7-8-20-14)18-5-3-17(4-6-18)10-11-1-2-11/h7-8,11H,1-6,9-10H2. The smallest absolute Gasteiger partial charge is 0.195 e. The summed E-state index contributed by atoms with van der Waals surface area (Å²) in [6.07, 6.45) is 4.94. The first-order valence-corrected chi connectivity index (χ1v) is 8.74. The van der Waals surface area contributed by atoms with E-state index in [0.29, 0.717) is 5.88 Å². The summed E-state index contributed by atoms with van der Waals surface area (Å²) in [4.78, 5) is 10.8. The molecule has 108 valence electrons. The Bertz CT molecular complexity index is 595. The molecule has 4 rings (SSSR count). The number of imidazole rings is 1. The summed E-state index contributed by atoms with van der Waals surface area (Å²) in [7, 11) is 0. The van der Waals surface area contributed by atoms with Crippen molar-refractivity contribution in [3.63, 3.8) is 0 Å². The first-order valence-electron chi connectivity index (χ1n) is 7.33. The Kier molecular flexibility index (Phi) is 3.36. The second-order valence-electron chi connectivity index (χ2n) is 5.80. The first-order chi connectivity index (χ1) is 9.85. The average molecular weight is 311 g/mol. The van der Waals surface area contributed by atoms with Crippen LogP contribution in [0.25, 0.3) is 4.96 Å². The Hall–Kier alpha value is -0.780. The maximum atomic E-state index is 6.14. The number of thiazole rings is 1. The van der Waals surface area contributed by atoms with Gasteiger partial charge in [-0.3, -0.25) is 9.30 Å². The van der Waals surface area contributed by atoms with E-state index in [1.165, 1.54) is 19.4 Å². The van der Waals surface area contributed by atoms with Crippen molar-refractivity contribution in [1.29, 1.82) is 0 Å². The quantitative estimate of drug-likeness (QED) is 0.811. The van der Waals surface area contributed by atoms with E-state index in [1.54, 1.807) is 11.3 Å². The van der Waals surface area contributed by atoms with Crippen LogP contribution in [-0.2, 0) is 5.88 Å². The van der Waals surface area contributed by atoms with E-state index in [0.717, 1.165) is 48.6 Å². The van der Waals surface area contributed by atoms with Gasteiger partial charge in [0, 0.05) is 44.3 Å². The number of alkyl halides is 1. The van der Waals surface area contributed by atoms with Gasteiger partial charge < -0.3 is 4.90 Å². The first kappa shape index (κ1) is 12.9. The number of halogens is 1. The lowest BCUT2D eigenvalue weighted by Gasteiger charge is -2.35. The SMILES string of the molecule is ClCc1c(N2CCN(CC3CC3)CC2)nc2sccn12. The van der Waals surface area contributed by atoms with E-state index in [9.17, 15) is 0 Å². The molecule has 4 nitrogen and oxygen atoms in total. The van der Waals surface area contributed by atoms with E-state index >= 15 is 0 Å². The number of rotatable bonds is 4. The number of fused-ring (bicyclic) bond motifs is 1. The zero-order valence-corrected chi connectivity index (χ0v) is 13.0. The molecule has 20 heavy (non-hydrogen) atoms. The summed E-state index contributed by atoms with van der Waals surface area (Å²) in [5, 5.41) is 2.07. The van der Waals surface area contributed by atoms with Crippen LogP contribution in [0.1, 0.15) is 18.5 Å². The van der Waals surface area contributed by atoms with Crippen molar-refractivity contribution >= 4 is 33.7 Å². The largest absolute Gasteiger partial charge is 0.352 e. The molecule has 2 fully saturated rings. The topological polar surface area (TPSA) is 23.8 Å². The molecule has 0 radical (unpaired) electrons. The van der Waals surface area contributed by atoms with Crippen molar-refractivity contribution in [2.45, 2.75) is 18.7 Å². The van der Waals surface area contributed by atoms with Gasteiger partial charge >= 0.3 is 0 Å². The maximum absolute atomic E-state index is 6.14. The molecular weight excluding hydrogens is 292 g/mol. The predicted octanol–water partition coefficient (Wildman–Crippen LogP) is 2.67. The van der Waals surface area contributed by atoms with E-state index < -0.39 is 0 Å². The zero-order valence-electron chi connectivity index (χ0n) is 11.5. The molecule has 0 aromatic carbocycles. The Labute approximate surface area is 128 Å². The van der Waals surface area contributed by atoms with Crippen molar-refractivity contribution < 1.29 is 0 Å². The lowest BCUT2D eigenvalue weighted by molar-refractivity contribution is 0.247. The molecule has 1 aliphatic heterocycles. The Morgan fingerprint density at radius 1 is 1.25 bits per heavy atom. The van der Waals surface area contributed by atoms with E-state index in [4.69, 9.17) is 16.6 Å². The van der Waals surface area contributed by atoms with Crippen molar-refractivity contribution in [3.05, 3.63) is 17.3 Å². The third kappa shape index (κ3) is 2.32. The molecule has 2 aromatic rings. The molecular formula is C14H19ClN4S. The summed E-state index contributed by atoms with van der Waals surface area (Å²) in [6, 6.07) is 0. The molecule has 0 spiro atoms. The summed E-state index contributed by atoms with van der Waals surface area (Å²) in [5.74, 6) is 2.60. The summed E-state index contributed by atoms with van der Waals surface area (Å²) < 4.78 is 2.13. The molecule has 1 aliphatic carbocycles. The number of nitrogens with zero attached hydrogens (tertiary/aromatic N) is 4.